The first-order valence-electron chi connectivity index (χ1n) is 8.77. The number of anilines is 1. The largest absolute Gasteiger partial charge is 0.361 e. The number of hydrogen-bond donors (Lipinski definition) is 0. The average Bonchev–Trinajstić information content (AvgIpc) is 3.40. The highest BCUT2D eigenvalue weighted by atomic mass is 32.2. The van der Waals surface area contributed by atoms with E-state index in [2.05, 4.69) is 9.17 Å². The fourth-order valence-corrected chi connectivity index (χ4v) is 4.99. The van der Waals surface area contributed by atoms with Crippen molar-refractivity contribution in [3.8, 4) is 5.69 Å². The maximum absolute atomic E-state index is 12.9. The summed E-state index contributed by atoms with van der Waals surface area (Å²) < 4.78 is 30.4. The van der Waals surface area contributed by atoms with E-state index in [1.165, 1.54) is 4.57 Å². The minimum Gasteiger partial charge on any atom is -0.361 e. The Morgan fingerprint density at radius 2 is 2.04 bits per heavy atom. The molecule has 0 N–H and O–H groups in total. The van der Waals surface area contributed by atoms with E-state index >= 15 is 0 Å². The molecular formula is C18H20N4O4S2. The molecule has 1 aliphatic rings. The van der Waals surface area contributed by atoms with Crippen molar-refractivity contribution in [2.75, 3.05) is 26.1 Å². The molecule has 2 aromatic heterocycles. The monoisotopic (exact) mass is 420 g/mol. The Balaban J connectivity index is 1.90. The molecule has 0 radical (unpaired) electrons. The first-order chi connectivity index (χ1) is 13.3. The molecule has 0 saturated heterocycles. The summed E-state index contributed by atoms with van der Waals surface area (Å²) in [5, 5.41) is 1.01. The van der Waals surface area contributed by atoms with E-state index < -0.39 is 15.8 Å². The number of aromatic nitrogens is 3. The van der Waals surface area contributed by atoms with Crippen LogP contribution >= 0.6 is 11.3 Å². The first-order valence-corrected chi connectivity index (χ1v) is 11.2. The Labute approximate surface area is 166 Å². The Morgan fingerprint density at radius 1 is 1.29 bits per heavy atom. The van der Waals surface area contributed by atoms with Crippen LogP contribution in [0.5, 0.6) is 0 Å². The van der Waals surface area contributed by atoms with E-state index in [0.717, 1.165) is 29.7 Å². The zero-order chi connectivity index (χ0) is 20.1. The van der Waals surface area contributed by atoms with E-state index in [4.69, 9.17) is 4.98 Å². The van der Waals surface area contributed by atoms with Crippen LogP contribution in [0.1, 0.15) is 29.3 Å². The van der Waals surface area contributed by atoms with Gasteiger partial charge in [0.05, 0.1) is 17.8 Å². The molecule has 0 unspecified atom stereocenters. The van der Waals surface area contributed by atoms with Crippen LogP contribution in [0, 0.1) is 0 Å². The van der Waals surface area contributed by atoms with Gasteiger partial charge in [-0.25, -0.2) is 14.3 Å². The molecule has 3 aromatic rings. The molecule has 0 aliphatic heterocycles. The van der Waals surface area contributed by atoms with Gasteiger partial charge < -0.3 is 4.90 Å². The van der Waals surface area contributed by atoms with Crippen LogP contribution in [0.4, 0.5) is 5.82 Å². The molecule has 4 rings (SSSR count). The number of fused-ring (bicyclic) bond motifs is 1. The van der Waals surface area contributed by atoms with Crippen LogP contribution in [-0.2, 0) is 20.1 Å². The SMILES string of the molecule is COS(=O)(=O)Cc1cccc(-n2c(=O)nc(N(C)C)c3sc(C4CC4)nc32)c1. The number of rotatable bonds is 6. The molecule has 1 saturated carbocycles. The number of thiazole rings is 1. The molecule has 1 fully saturated rings. The van der Waals surface area contributed by atoms with Crippen LogP contribution in [0.15, 0.2) is 29.1 Å². The third kappa shape index (κ3) is 3.54. The Morgan fingerprint density at radius 3 is 2.68 bits per heavy atom. The standard InChI is InChI=1S/C18H20N4O4S2/c1-21(2)15-14-16(19-17(27-14)12-7-8-12)22(18(23)20-15)13-6-4-5-11(9-13)10-28(24,25)26-3/h4-6,9,12H,7-8,10H2,1-3H3. The van der Waals surface area contributed by atoms with Gasteiger partial charge >= 0.3 is 5.69 Å². The summed E-state index contributed by atoms with van der Waals surface area (Å²) in [5.41, 5.74) is 1.16. The zero-order valence-corrected chi connectivity index (χ0v) is 17.4. The van der Waals surface area contributed by atoms with Crippen LogP contribution in [0.25, 0.3) is 16.0 Å². The lowest BCUT2D eigenvalue weighted by molar-refractivity contribution is 0.397. The van der Waals surface area contributed by atoms with Crippen molar-refractivity contribution in [1.29, 1.82) is 0 Å². The summed E-state index contributed by atoms with van der Waals surface area (Å²) in [4.78, 5) is 23.7. The number of benzene rings is 1. The molecule has 0 atom stereocenters. The number of hydrogen-bond acceptors (Lipinski definition) is 8. The predicted molar refractivity (Wildman–Crippen MR) is 109 cm³/mol. The topological polar surface area (TPSA) is 94.4 Å². The van der Waals surface area contributed by atoms with E-state index in [0.29, 0.717) is 28.6 Å². The maximum atomic E-state index is 12.9. The van der Waals surface area contributed by atoms with Crippen molar-refractivity contribution in [2.24, 2.45) is 0 Å². The summed E-state index contributed by atoms with van der Waals surface area (Å²) in [6.07, 6.45) is 2.22. The lowest BCUT2D eigenvalue weighted by Gasteiger charge is -2.14. The first kappa shape index (κ1) is 19.0. The van der Waals surface area contributed by atoms with Crippen LogP contribution < -0.4 is 10.6 Å². The molecule has 28 heavy (non-hydrogen) atoms. The predicted octanol–water partition coefficient (Wildman–Crippen LogP) is 2.26. The minimum absolute atomic E-state index is 0.275. The molecule has 0 spiro atoms. The van der Waals surface area contributed by atoms with Crippen molar-refractivity contribution < 1.29 is 12.6 Å². The van der Waals surface area contributed by atoms with Crippen molar-refractivity contribution in [2.45, 2.75) is 24.5 Å². The van der Waals surface area contributed by atoms with Gasteiger partial charge in [-0.1, -0.05) is 12.1 Å². The average molecular weight is 421 g/mol. The van der Waals surface area contributed by atoms with Gasteiger partial charge in [0, 0.05) is 20.0 Å². The van der Waals surface area contributed by atoms with E-state index in [1.54, 1.807) is 35.6 Å². The quantitative estimate of drug-likeness (QED) is 0.565. The van der Waals surface area contributed by atoms with Gasteiger partial charge in [0.2, 0.25) is 0 Å². The summed E-state index contributed by atoms with van der Waals surface area (Å²) in [6.45, 7) is 0. The van der Waals surface area contributed by atoms with E-state index in [1.807, 2.05) is 19.0 Å². The third-order valence-electron chi connectivity index (χ3n) is 4.55. The normalized spacial score (nSPS) is 14.5. The molecule has 8 nitrogen and oxygen atoms in total. The highest BCUT2D eigenvalue weighted by Gasteiger charge is 2.29. The molecule has 0 bridgehead atoms. The van der Waals surface area contributed by atoms with Gasteiger partial charge in [-0.15, -0.1) is 11.3 Å². The van der Waals surface area contributed by atoms with Crippen molar-refractivity contribution in [3.05, 3.63) is 45.3 Å². The Kier molecular flexibility index (Phi) is 4.72. The Bertz CT molecular complexity index is 1210. The summed E-state index contributed by atoms with van der Waals surface area (Å²) in [6, 6.07) is 6.80. The van der Waals surface area contributed by atoms with Gasteiger partial charge in [-0.05, 0) is 30.5 Å². The van der Waals surface area contributed by atoms with Crippen molar-refractivity contribution in [1.82, 2.24) is 14.5 Å². The molecular weight excluding hydrogens is 400 g/mol. The zero-order valence-electron chi connectivity index (χ0n) is 15.7. The Hall–Kier alpha value is -2.30. The molecule has 0 amide bonds. The third-order valence-corrected chi connectivity index (χ3v) is 6.95. The lowest BCUT2D eigenvalue weighted by atomic mass is 10.2. The van der Waals surface area contributed by atoms with E-state index in [-0.39, 0.29) is 5.75 Å². The molecule has 2 heterocycles. The maximum Gasteiger partial charge on any atom is 0.355 e. The smallest absolute Gasteiger partial charge is 0.355 e. The number of nitrogens with zero attached hydrogens (tertiary/aromatic N) is 4. The second kappa shape index (κ2) is 6.94. The second-order valence-electron chi connectivity index (χ2n) is 6.97. The second-order valence-corrected chi connectivity index (χ2v) is 9.73. The van der Waals surface area contributed by atoms with E-state index in [9.17, 15) is 13.2 Å². The fourth-order valence-electron chi connectivity index (χ4n) is 3.00. The van der Waals surface area contributed by atoms with Crippen molar-refractivity contribution in [3.63, 3.8) is 0 Å². The molecule has 10 heteroatoms. The molecule has 1 aliphatic carbocycles. The fraction of sp³-hybridized carbons (Fsp3) is 0.389. The van der Waals surface area contributed by atoms with Gasteiger partial charge in [-0.2, -0.15) is 13.4 Å². The summed E-state index contributed by atoms with van der Waals surface area (Å²) >= 11 is 1.57. The van der Waals surface area contributed by atoms with Crippen LogP contribution in [0.3, 0.4) is 0 Å². The van der Waals surface area contributed by atoms with Gasteiger partial charge in [-0.3, -0.25) is 4.18 Å². The van der Waals surface area contributed by atoms with Crippen molar-refractivity contribution >= 4 is 37.6 Å². The highest BCUT2D eigenvalue weighted by molar-refractivity contribution is 7.85. The molecule has 1 aromatic carbocycles. The highest BCUT2D eigenvalue weighted by Crippen LogP contribution is 2.44. The van der Waals surface area contributed by atoms with Gasteiger partial charge in [0.1, 0.15) is 10.5 Å². The van der Waals surface area contributed by atoms with Crippen LogP contribution in [-0.4, -0.2) is 44.2 Å². The summed E-state index contributed by atoms with van der Waals surface area (Å²) in [5.74, 6) is 0.774. The molecule has 148 valence electrons. The lowest BCUT2D eigenvalue weighted by Crippen LogP contribution is -2.25. The minimum atomic E-state index is -3.66. The summed E-state index contributed by atoms with van der Waals surface area (Å²) in [7, 11) is 1.16. The van der Waals surface area contributed by atoms with Gasteiger partial charge in [0.15, 0.2) is 11.5 Å². The van der Waals surface area contributed by atoms with Gasteiger partial charge in [0.25, 0.3) is 10.1 Å². The van der Waals surface area contributed by atoms with Crippen LogP contribution in [0.2, 0.25) is 0 Å².